The van der Waals surface area contributed by atoms with Crippen molar-refractivity contribution in [2.45, 2.75) is 49.7 Å². The van der Waals surface area contributed by atoms with Gasteiger partial charge in [-0.1, -0.05) is 32.4 Å². The Kier molecular flexibility index (Phi) is 5.17. The Balaban J connectivity index is 1.99. The van der Waals surface area contributed by atoms with Crippen LogP contribution in [-0.2, 0) is 17.2 Å². The molecule has 152 valence electrons. The molecule has 0 atom stereocenters. The molecule has 3 aromatic rings. The molecule has 0 spiro atoms. The maximum absolute atomic E-state index is 11.0. The lowest BCUT2D eigenvalue weighted by molar-refractivity contribution is 0.393. The summed E-state index contributed by atoms with van der Waals surface area (Å²) in [6, 6.07) is 8.45. The SMILES string of the molecule is Cn1nc(C(C)(C)C)cc1-c1cnc(C(C)(C)S(O)(O)c2ccc(Cl)cc2)o1. The maximum Gasteiger partial charge on any atom is 0.220 e. The van der Waals surface area contributed by atoms with Gasteiger partial charge in [-0.15, -0.1) is 0 Å². The first-order valence-corrected chi connectivity index (χ1v) is 10.8. The fourth-order valence-electron chi connectivity index (χ4n) is 2.78. The second-order valence-corrected chi connectivity index (χ2v) is 11.4. The van der Waals surface area contributed by atoms with E-state index >= 15 is 0 Å². The molecule has 1 aromatic carbocycles. The Labute approximate surface area is 171 Å². The third-order valence-corrected chi connectivity index (χ3v) is 7.55. The van der Waals surface area contributed by atoms with Gasteiger partial charge in [0.1, 0.15) is 10.4 Å². The molecule has 28 heavy (non-hydrogen) atoms. The monoisotopic (exact) mass is 423 g/mol. The standard InChI is InChI=1S/C20H26ClN3O3S/c1-19(2,3)17-11-15(24(6)23-17)16-12-22-18(27-16)20(4,5)28(25,26)14-9-7-13(21)8-10-14/h7-12,25-26H,1-6H3. The fourth-order valence-corrected chi connectivity index (χ4v) is 4.34. The van der Waals surface area contributed by atoms with Crippen LogP contribution in [0.25, 0.3) is 11.5 Å². The van der Waals surface area contributed by atoms with Crippen LogP contribution < -0.4 is 0 Å². The minimum absolute atomic E-state index is 0.0950. The third-order valence-electron chi connectivity index (χ3n) is 4.78. The van der Waals surface area contributed by atoms with Crippen molar-refractivity contribution in [2.75, 3.05) is 0 Å². The van der Waals surface area contributed by atoms with E-state index in [2.05, 4.69) is 30.9 Å². The lowest BCUT2D eigenvalue weighted by Gasteiger charge is -2.44. The van der Waals surface area contributed by atoms with Gasteiger partial charge in [0.15, 0.2) is 5.76 Å². The summed E-state index contributed by atoms with van der Waals surface area (Å²) in [4.78, 5) is 4.74. The van der Waals surface area contributed by atoms with Gasteiger partial charge in [-0.05, 0) is 44.2 Å². The van der Waals surface area contributed by atoms with Gasteiger partial charge in [0, 0.05) is 17.5 Å². The summed E-state index contributed by atoms with van der Waals surface area (Å²) < 4.78 is 28.5. The Bertz CT molecular complexity index is 985. The van der Waals surface area contributed by atoms with E-state index < -0.39 is 15.3 Å². The Hall–Kier alpha value is -1.80. The first-order valence-electron chi connectivity index (χ1n) is 8.88. The molecule has 0 amide bonds. The third kappa shape index (κ3) is 3.59. The normalized spacial score (nSPS) is 13.8. The van der Waals surface area contributed by atoms with Gasteiger partial charge < -0.3 is 4.42 Å². The van der Waals surface area contributed by atoms with E-state index in [9.17, 15) is 9.11 Å². The molecule has 0 unspecified atom stereocenters. The molecule has 6 nitrogen and oxygen atoms in total. The molecule has 0 aliphatic rings. The predicted molar refractivity (Wildman–Crippen MR) is 113 cm³/mol. The van der Waals surface area contributed by atoms with Gasteiger partial charge in [-0.3, -0.25) is 13.8 Å². The molecule has 2 heterocycles. The van der Waals surface area contributed by atoms with Gasteiger partial charge in [-0.2, -0.15) is 15.7 Å². The molecular formula is C20H26ClN3O3S. The average molecular weight is 424 g/mol. The lowest BCUT2D eigenvalue weighted by atomic mass is 9.92. The van der Waals surface area contributed by atoms with Crippen LogP contribution in [0, 0.1) is 0 Å². The molecule has 3 rings (SSSR count). The molecule has 2 aromatic heterocycles. The molecule has 0 bridgehead atoms. The highest BCUT2D eigenvalue weighted by Gasteiger charge is 2.42. The van der Waals surface area contributed by atoms with Gasteiger partial charge in [-0.25, -0.2) is 4.98 Å². The van der Waals surface area contributed by atoms with Crippen LogP contribution in [0.2, 0.25) is 5.02 Å². The van der Waals surface area contributed by atoms with E-state index in [1.54, 1.807) is 49.0 Å². The zero-order chi connectivity index (χ0) is 20.9. The van der Waals surface area contributed by atoms with Crippen LogP contribution in [-0.4, -0.2) is 23.9 Å². The van der Waals surface area contributed by atoms with Crippen LogP contribution in [0.5, 0.6) is 0 Å². The maximum atomic E-state index is 11.0. The van der Waals surface area contributed by atoms with Crippen molar-refractivity contribution in [3.8, 4) is 11.5 Å². The molecule has 0 fully saturated rings. The minimum Gasteiger partial charge on any atom is -0.437 e. The summed E-state index contributed by atoms with van der Waals surface area (Å²) in [6.45, 7) is 9.69. The molecule has 0 saturated carbocycles. The van der Waals surface area contributed by atoms with Crippen LogP contribution in [0.4, 0.5) is 0 Å². The average Bonchev–Trinajstić information content (AvgIpc) is 3.21. The van der Waals surface area contributed by atoms with Gasteiger partial charge in [0.2, 0.25) is 5.89 Å². The molecule has 0 radical (unpaired) electrons. The minimum atomic E-state index is -3.24. The van der Waals surface area contributed by atoms with Crippen molar-refractivity contribution in [3.05, 3.63) is 53.1 Å². The summed E-state index contributed by atoms with van der Waals surface area (Å²) in [6.07, 6.45) is 1.60. The summed E-state index contributed by atoms with van der Waals surface area (Å²) in [5, 5.41) is 5.09. The number of aryl methyl sites for hydroxylation is 1. The Morgan fingerprint density at radius 2 is 1.68 bits per heavy atom. The van der Waals surface area contributed by atoms with Crippen molar-refractivity contribution in [3.63, 3.8) is 0 Å². The van der Waals surface area contributed by atoms with E-state index in [0.717, 1.165) is 11.4 Å². The first-order chi connectivity index (χ1) is 12.8. The Morgan fingerprint density at radius 3 is 2.21 bits per heavy atom. The van der Waals surface area contributed by atoms with Crippen LogP contribution in [0.3, 0.4) is 0 Å². The van der Waals surface area contributed by atoms with E-state index in [4.69, 9.17) is 16.0 Å². The van der Waals surface area contributed by atoms with Crippen LogP contribution in [0.15, 0.2) is 45.8 Å². The quantitative estimate of drug-likeness (QED) is 0.531. The highest BCUT2D eigenvalue weighted by atomic mass is 35.5. The number of hydrogen-bond acceptors (Lipinski definition) is 5. The first kappa shape index (κ1) is 20.9. The fraction of sp³-hybridized carbons (Fsp3) is 0.400. The Morgan fingerprint density at radius 1 is 1.07 bits per heavy atom. The number of nitrogens with zero attached hydrogens (tertiary/aromatic N) is 3. The van der Waals surface area contributed by atoms with E-state index in [1.807, 2.05) is 13.1 Å². The molecule has 0 saturated heterocycles. The summed E-state index contributed by atoms with van der Waals surface area (Å²) in [5.41, 5.74) is 1.62. The topological polar surface area (TPSA) is 84.3 Å². The molecule has 0 aliphatic heterocycles. The van der Waals surface area contributed by atoms with Gasteiger partial charge >= 0.3 is 0 Å². The molecule has 2 N–H and O–H groups in total. The van der Waals surface area contributed by atoms with Gasteiger partial charge in [0.05, 0.1) is 16.8 Å². The second-order valence-electron chi connectivity index (χ2n) is 8.33. The van der Waals surface area contributed by atoms with Crippen LogP contribution in [0.1, 0.15) is 46.2 Å². The lowest BCUT2D eigenvalue weighted by Crippen LogP contribution is -2.26. The summed E-state index contributed by atoms with van der Waals surface area (Å²) in [5.74, 6) is 0.774. The highest BCUT2D eigenvalue weighted by Crippen LogP contribution is 2.63. The number of halogens is 1. The van der Waals surface area contributed by atoms with Crippen molar-refractivity contribution in [2.24, 2.45) is 7.05 Å². The highest BCUT2D eigenvalue weighted by molar-refractivity contribution is 8.25. The molecular weight excluding hydrogens is 398 g/mol. The van der Waals surface area contributed by atoms with Crippen molar-refractivity contribution in [1.82, 2.24) is 14.8 Å². The van der Waals surface area contributed by atoms with Gasteiger partial charge in [0.25, 0.3) is 0 Å². The predicted octanol–water partition coefficient (Wildman–Crippen LogP) is 6.07. The summed E-state index contributed by atoms with van der Waals surface area (Å²) >= 11 is 5.92. The van der Waals surface area contributed by atoms with E-state index in [-0.39, 0.29) is 11.3 Å². The zero-order valence-corrected chi connectivity index (χ0v) is 18.5. The zero-order valence-electron chi connectivity index (χ0n) is 16.9. The second kappa shape index (κ2) is 6.91. The van der Waals surface area contributed by atoms with Crippen molar-refractivity contribution in [1.29, 1.82) is 0 Å². The van der Waals surface area contributed by atoms with E-state index in [0.29, 0.717) is 15.7 Å². The molecule has 8 heteroatoms. The molecule has 0 aliphatic carbocycles. The van der Waals surface area contributed by atoms with Crippen molar-refractivity contribution >= 4 is 22.2 Å². The number of rotatable bonds is 4. The number of hydrogen-bond donors (Lipinski definition) is 2. The largest absolute Gasteiger partial charge is 0.437 e. The summed E-state index contributed by atoms with van der Waals surface area (Å²) in [7, 11) is -1.40. The van der Waals surface area contributed by atoms with Crippen molar-refractivity contribution < 1.29 is 13.5 Å². The smallest absolute Gasteiger partial charge is 0.220 e. The van der Waals surface area contributed by atoms with E-state index in [1.165, 1.54) is 0 Å². The number of oxazole rings is 1. The number of aromatic nitrogens is 3. The van der Waals surface area contributed by atoms with Crippen LogP contribution >= 0.6 is 22.2 Å². The number of benzene rings is 1.